The van der Waals surface area contributed by atoms with Gasteiger partial charge in [-0.05, 0) is 19.1 Å². The molecule has 2 N–H and O–H groups in total. The van der Waals surface area contributed by atoms with Crippen molar-refractivity contribution < 1.29 is 9.53 Å². The largest absolute Gasteiger partial charge is 0.375 e. The Morgan fingerprint density at radius 3 is 2.78 bits per heavy atom. The topological polar surface area (TPSA) is 81.1 Å². The number of nitrogens with one attached hydrogen (secondary N) is 2. The van der Waals surface area contributed by atoms with Gasteiger partial charge >= 0.3 is 0 Å². The second-order valence-corrected chi connectivity index (χ2v) is 4.85. The summed E-state index contributed by atoms with van der Waals surface area (Å²) in [4.78, 5) is 16.2. The van der Waals surface area contributed by atoms with Crippen LogP contribution >= 0.6 is 24.8 Å². The Hall–Kier alpha value is -1.67. The number of carbonyl (C=O) groups excluding carboxylic acids is 1. The Kier molecular flexibility index (Phi) is 7.44. The van der Waals surface area contributed by atoms with Crippen LogP contribution in [0.4, 0.5) is 5.82 Å². The number of hydrogen-bond donors (Lipinski definition) is 2. The van der Waals surface area contributed by atoms with Crippen molar-refractivity contribution in [3.63, 3.8) is 0 Å². The van der Waals surface area contributed by atoms with Gasteiger partial charge in [0.15, 0.2) is 5.82 Å². The molecule has 2 aromatic heterocycles. The number of morpholine rings is 1. The molecule has 7 nitrogen and oxygen atoms in total. The van der Waals surface area contributed by atoms with E-state index in [2.05, 4.69) is 20.7 Å². The number of aromatic nitrogens is 3. The van der Waals surface area contributed by atoms with Gasteiger partial charge in [0.05, 0.1) is 18.4 Å². The van der Waals surface area contributed by atoms with Gasteiger partial charge in [0, 0.05) is 31.2 Å². The van der Waals surface area contributed by atoms with Gasteiger partial charge < -0.3 is 15.4 Å². The van der Waals surface area contributed by atoms with Gasteiger partial charge in [-0.15, -0.1) is 24.8 Å². The Labute approximate surface area is 146 Å². The van der Waals surface area contributed by atoms with Crippen molar-refractivity contribution in [2.75, 3.05) is 18.5 Å². The molecule has 0 saturated carbocycles. The number of carbonyl (C=O) groups is 1. The first kappa shape index (κ1) is 19.4. The fourth-order valence-corrected chi connectivity index (χ4v) is 2.26. The van der Waals surface area contributed by atoms with Crippen molar-refractivity contribution in [3.8, 4) is 5.69 Å². The molecule has 126 valence electrons. The lowest BCUT2D eigenvalue weighted by Crippen LogP contribution is -2.53. The van der Waals surface area contributed by atoms with Crippen LogP contribution in [0.3, 0.4) is 0 Å². The van der Waals surface area contributed by atoms with Gasteiger partial charge in [-0.2, -0.15) is 5.10 Å². The van der Waals surface area contributed by atoms with Crippen LogP contribution in [0.2, 0.25) is 0 Å². The van der Waals surface area contributed by atoms with Gasteiger partial charge in [-0.25, -0.2) is 4.68 Å². The maximum Gasteiger partial charge on any atom is 0.245 e. The lowest BCUT2D eigenvalue weighted by atomic mass is 10.1. The Balaban J connectivity index is 0.00000132. The molecule has 0 aliphatic carbocycles. The van der Waals surface area contributed by atoms with Gasteiger partial charge in [0.1, 0.15) is 6.04 Å². The molecule has 1 amide bonds. The zero-order chi connectivity index (χ0) is 14.7. The molecular formula is C14H19Cl2N5O2. The monoisotopic (exact) mass is 359 g/mol. The number of pyridine rings is 1. The zero-order valence-corrected chi connectivity index (χ0v) is 14.1. The Morgan fingerprint density at radius 1 is 1.35 bits per heavy atom. The number of hydrogen-bond acceptors (Lipinski definition) is 5. The molecule has 1 aliphatic heterocycles. The fraction of sp³-hybridized carbons (Fsp3) is 0.357. The fourth-order valence-electron chi connectivity index (χ4n) is 2.26. The molecule has 1 saturated heterocycles. The molecule has 1 fully saturated rings. The predicted octanol–water partition coefficient (Wildman–Crippen LogP) is 1.43. The number of rotatable bonds is 3. The van der Waals surface area contributed by atoms with E-state index in [4.69, 9.17) is 4.74 Å². The van der Waals surface area contributed by atoms with Crippen molar-refractivity contribution in [1.82, 2.24) is 20.1 Å². The molecule has 2 aromatic rings. The van der Waals surface area contributed by atoms with E-state index in [1.165, 1.54) is 0 Å². The Bertz CT molecular complexity index is 623. The Morgan fingerprint density at radius 2 is 2.09 bits per heavy atom. The number of halogens is 2. The molecule has 23 heavy (non-hydrogen) atoms. The highest BCUT2D eigenvalue weighted by Crippen LogP contribution is 2.11. The van der Waals surface area contributed by atoms with Crippen molar-refractivity contribution in [2.24, 2.45) is 0 Å². The molecule has 0 unspecified atom stereocenters. The maximum absolute atomic E-state index is 12.2. The summed E-state index contributed by atoms with van der Waals surface area (Å²) in [6.07, 6.45) is 5.03. The quantitative estimate of drug-likeness (QED) is 0.866. The molecule has 3 rings (SSSR count). The lowest BCUT2D eigenvalue weighted by Gasteiger charge is -2.28. The average molecular weight is 360 g/mol. The SMILES string of the molecule is C[C@H]1OCCN[C@@H]1C(=O)Nc1ccn(-c2ccncc2)n1.Cl.Cl. The molecular weight excluding hydrogens is 341 g/mol. The van der Waals surface area contributed by atoms with Gasteiger partial charge in [0.25, 0.3) is 0 Å². The zero-order valence-electron chi connectivity index (χ0n) is 12.5. The van der Waals surface area contributed by atoms with Crippen molar-refractivity contribution in [1.29, 1.82) is 0 Å². The highest BCUT2D eigenvalue weighted by atomic mass is 35.5. The van der Waals surface area contributed by atoms with E-state index >= 15 is 0 Å². The van der Waals surface area contributed by atoms with Crippen LogP contribution in [0.25, 0.3) is 5.69 Å². The van der Waals surface area contributed by atoms with E-state index in [0.29, 0.717) is 19.0 Å². The van der Waals surface area contributed by atoms with E-state index in [1.807, 2.05) is 19.1 Å². The number of ether oxygens (including phenoxy) is 1. The number of anilines is 1. The first-order chi connectivity index (χ1) is 10.2. The summed E-state index contributed by atoms with van der Waals surface area (Å²) >= 11 is 0. The van der Waals surface area contributed by atoms with Crippen molar-refractivity contribution in [3.05, 3.63) is 36.8 Å². The highest BCUT2D eigenvalue weighted by Gasteiger charge is 2.28. The van der Waals surface area contributed by atoms with Crippen LogP contribution in [-0.4, -0.2) is 46.0 Å². The van der Waals surface area contributed by atoms with Crippen LogP contribution in [0.1, 0.15) is 6.92 Å². The van der Waals surface area contributed by atoms with Crippen LogP contribution in [0.15, 0.2) is 36.8 Å². The van der Waals surface area contributed by atoms with Crippen molar-refractivity contribution >= 4 is 36.5 Å². The number of amides is 1. The second kappa shape index (κ2) is 8.83. The minimum atomic E-state index is -0.357. The highest BCUT2D eigenvalue weighted by molar-refractivity contribution is 5.94. The van der Waals surface area contributed by atoms with Gasteiger partial charge in [-0.3, -0.25) is 9.78 Å². The van der Waals surface area contributed by atoms with Gasteiger partial charge in [0.2, 0.25) is 5.91 Å². The molecule has 0 radical (unpaired) electrons. The third kappa shape index (κ3) is 4.65. The minimum absolute atomic E-state index is 0. The lowest BCUT2D eigenvalue weighted by molar-refractivity contribution is -0.123. The minimum Gasteiger partial charge on any atom is -0.375 e. The molecule has 2 atom stereocenters. The first-order valence-corrected chi connectivity index (χ1v) is 6.86. The predicted molar refractivity (Wildman–Crippen MR) is 91.7 cm³/mol. The van der Waals surface area contributed by atoms with Crippen LogP contribution in [0.5, 0.6) is 0 Å². The summed E-state index contributed by atoms with van der Waals surface area (Å²) in [6, 6.07) is 5.09. The van der Waals surface area contributed by atoms with E-state index in [1.54, 1.807) is 29.3 Å². The third-order valence-corrected chi connectivity index (χ3v) is 3.37. The molecule has 9 heteroatoms. The molecule has 0 aromatic carbocycles. The average Bonchev–Trinajstić information content (AvgIpc) is 2.97. The second-order valence-electron chi connectivity index (χ2n) is 4.85. The maximum atomic E-state index is 12.2. The summed E-state index contributed by atoms with van der Waals surface area (Å²) in [5, 5.41) is 10.3. The van der Waals surface area contributed by atoms with E-state index in [-0.39, 0.29) is 42.9 Å². The molecule has 3 heterocycles. The molecule has 0 spiro atoms. The normalized spacial score (nSPS) is 20.0. The molecule has 1 aliphatic rings. The summed E-state index contributed by atoms with van der Waals surface area (Å²) in [5.41, 5.74) is 0.887. The van der Waals surface area contributed by atoms with Crippen LogP contribution in [0, 0.1) is 0 Å². The van der Waals surface area contributed by atoms with E-state index < -0.39 is 0 Å². The summed E-state index contributed by atoms with van der Waals surface area (Å²) in [5.74, 6) is 0.374. The van der Waals surface area contributed by atoms with Crippen LogP contribution in [-0.2, 0) is 9.53 Å². The van der Waals surface area contributed by atoms with E-state index in [0.717, 1.165) is 5.69 Å². The summed E-state index contributed by atoms with van der Waals surface area (Å²) < 4.78 is 7.15. The number of nitrogens with zero attached hydrogens (tertiary/aromatic N) is 3. The van der Waals surface area contributed by atoms with E-state index in [9.17, 15) is 4.79 Å². The third-order valence-electron chi connectivity index (χ3n) is 3.37. The summed E-state index contributed by atoms with van der Waals surface area (Å²) in [7, 11) is 0. The van der Waals surface area contributed by atoms with Crippen LogP contribution < -0.4 is 10.6 Å². The standard InChI is InChI=1S/C14H17N5O2.2ClH/c1-10-13(16-7-9-21-10)14(20)17-12-4-8-19(18-12)11-2-5-15-6-3-11;;/h2-6,8,10,13,16H,7,9H2,1H3,(H,17,18,20);2*1H/t10-,13+;;/m1../s1. The van der Waals surface area contributed by atoms with Gasteiger partial charge in [-0.1, -0.05) is 0 Å². The molecule has 0 bridgehead atoms. The van der Waals surface area contributed by atoms with Crippen molar-refractivity contribution in [2.45, 2.75) is 19.1 Å². The first-order valence-electron chi connectivity index (χ1n) is 6.86. The summed E-state index contributed by atoms with van der Waals surface area (Å²) in [6.45, 7) is 3.18. The smallest absolute Gasteiger partial charge is 0.245 e.